The molecule has 0 fully saturated rings. The molecule has 1 aliphatic heterocycles. The third-order valence-electron chi connectivity index (χ3n) is 6.10. The number of hydrogen-bond donors (Lipinski definition) is 0. The van der Waals surface area contributed by atoms with E-state index in [1.54, 1.807) is 6.08 Å². The van der Waals surface area contributed by atoms with Crippen molar-refractivity contribution in [3.63, 3.8) is 0 Å². The minimum absolute atomic E-state index is 0.307. The van der Waals surface area contributed by atoms with Gasteiger partial charge in [-0.2, -0.15) is 0 Å². The van der Waals surface area contributed by atoms with Crippen molar-refractivity contribution < 1.29 is 14.3 Å². The fourth-order valence-corrected chi connectivity index (χ4v) is 4.18. The second-order valence-corrected chi connectivity index (χ2v) is 8.75. The van der Waals surface area contributed by atoms with Gasteiger partial charge in [0.05, 0.1) is 6.61 Å². The summed E-state index contributed by atoms with van der Waals surface area (Å²) in [4.78, 5) is 16.9. The third kappa shape index (κ3) is 6.34. The number of carbonyl (C=O) groups is 1. The van der Waals surface area contributed by atoms with Gasteiger partial charge in [0.25, 0.3) is 0 Å². The first-order valence-electron chi connectivity index (χ1n) is 12.5. The first-order chi connectivity index (χ1) is 16.7. The molecule has 0 unspecified atom stereocenters. The van der Waals surface area contributed by atoms with E-state index < -0.39 is 5.97 Å². The lowest BCUT2D eigenvalue weighted by molar-refractivity contribution is -0.129. The molecular weight excluding hydrogens is 422 g/mol. The lowest BCUT2D eigenvalue weighted by atomic mass is 10.0. The molecule has 3 aromatic carbocycles. The predicted molar refractivity (Wildman–Crippen MR) is 139 cm³/mol. The highest BCUT2D eigenvalue weighted by atomic mass is 16.6. The number of unbranched alkanes of at least 4 members (excludes halogenated alkanes) is 7. The molecule has 0 amide bonds. The van der Waals surface area contributed by atoms with Crippen molar-refractivity contribution in [2.45, 2.75) is 58.3 Å². The number of benzene rings is 3. The zero-order valence-electron chi connectivity index (χ0n) is 20.0. The molecule has 1 aliphatic rings. The highest BCUT2D eigenvalue weighted by Crippen LogP contribution is 2.25. The predicted octanol–water partition coefficient (Wildman–Crippen LogP) is 7.70. The molecule has 1 heterocycles. The third-order valence-corrected chi connectivity index (χ3v) is 6.10. The summed E-state index contributed by atoms with van der Waals surface area (Å²) in [5.74, 6) is 0.715. The van der Waals surface area contributed by atoms with E-state index in [9.17, 15) is 4.79 Å². The van der Waals surface area contributed by atoms with Crippen molar-refractivity contribution in [2.24, 2.45) is 4.99 Å². The van der Waals surface area contributed by atoms with E-state index in [1.807, 2.05) is 54.6 Å². The second-order valence-electron chi connectivity index (χ2n) is 8.75. The van der Waals surface area contributed by atoms with Gasteiger partial charge in [0.2, 0.25) is 5.90 Å². The van der Waals surface area contributed by atoms with Crippen molar-refractivity contribution in [1.29, 1.82) is 0 Å². The zero-order chi connectivity index (χ0) is 23.6. The van der Waals surface area contributed by atoms with E-state index in [0.29, 0.717) is 11.6 Å². The number of aliphatic imine (C=N–C) groups is 1. The minimum Gasteiger partial charge on any atom is -0.494 e. The number of fused-ring (bicyclic) bond motifs is 1. The first-order valence-corrected chi connectivity index (χ1v) is 12.5. The van der Waals surface area contributed by atoms with Crippen LogP contribution in [0.15, 0.2) is 77.4 Å². The van der Waals surface area contributed by atoms with Crippen molar-refractivity contribution >= 4 is 28.7 Å². The summed E-state index contributed by atoms with van der Waals surface area (Å²) in [6, 6.07) is 21.7. The lowest BCUT2D eigenvalue weighted by Gasteiger charge is -2.07. The average Bonchev–Trinajstić information content (AvgIpc) is 3.23. The van der Waals surface area contributed by atoms with E-state index in [1.165, 1.54) is 44.9 Å². The highest BCUT2D eigenvalue weighted by molar-refractivity contribution is 6.13. The summed E-state index contributed by atoms with van der Waals surface area (Å²) < 4.78 is 11.3. The maximum atomic E-state index is 12.4. The number of rotatable bonds is 12. The Morgan fingerprint density at radius 3 is 2.32 bits per heavy atom. The van der Waals surface area contributed by atoms with Gasteiger partial charge in [-0.1, -0.05) is 94.3 Å². The van der Waals surface area contributed by atoms with Crippen LogP contribution < -0.4 is 4.74 Å². The topological polar surface area (TPSA) is 47.9 Å². The molecule has 0 N–H and O–H groups in total. The van der Waals surface area contributed by atoms with E-state index in [2.05, 4.69) is 24.0 Å². The lowest BCUT2D eigenvalue weighted by Crippen LogP contribution is -2.05. The average molecular weight is 456 g/mol. The molecular formula is C30H33NO3. The zero-order valence-corrected chi connectivity index (χ0v) is 20.0. The van der Waals surface area contributed by atoms with Crippen LogP contribution in [-0.2, 0) is 9.53 Å². The molecule has 0 bridgehead atoms. The molecule has 4 rings (SSSR count). The van der Waals surface area contributed by atoms with Gasteiger partial charge in [0.15, 0.2) is 5.70 Å². The number of nitrogens with zero attached hydrogens (tertiary/aromatic N) is 1. The van der Waals surface area contributed by atoms with Crippen molar-refractivity contribution in [3.8, 4) is 5.75 Å². The van der Waals surface area contributed by atoms with Gasteiger partial charge < -0.3 is 9.47 Å². The Morgan fingerprint density at radius 1 is 0.824 bits per heavy atom. The van der Waals surface area contributed by atoms with E-state index in [-0.39, 0.29) is 0 Å². The van der Waals surface area contributed by atoms with Crippen LogP contribution in [0.5, 0.6) is 5.75 Å². The molecule has 3 aromatic rings. The molecule has 176 valence electrons. The van der Waals surface area contributed by atoms with Gasteiger partial charge in [-0.3, -0.25) is 0 Å². The SMILES string of the molecule is CCCCCCCCCCOc1ccc(C2=NC(=Cc3cccc4ccccc34)C(=O)O2)cc1. The Labute approximate surface area is 202 Å². The van der Waals surface area contributed by atoms with Gasteiger partial charge in [0.1, 0.15) is 5.75 Å². The van der Waals surface area contributed by atoms with Crippen LogP contribution >= 0.6 is 0 Å². The van der Waals surface area contributed by atoms with Crippen LogP contribution in [0, 0.1) is 0 Å². The number of cyclic esters (lactones) is 1. The van der Waals surface area contributed by atoms with Gasteiger partial charge >= 0.3 is 5.97 Å². The summed E-state index contributed by atoms with van der Waals surface area (Å²) in [7, 11) is 0. The Bertz CT molecular complexity index is 1160. The van der Waals surface area contributed by atoms with Crippen LogP contribution in [-0.4, -0.2) is 18.5 Å². The molecule has 0 atom stereocenters. The Balaban J connectivity index is 1.31. The molecule has 34 heavy (non-hydrogen) atoms. The molecule has 0 saturated heterocycles. The fourth-order valence-electron chi connectivity index (χ4n) is 4.18. The number of esters is 1. The first kappa shape index (κ1) is 23.7. The minimum atomic E-state index is -0.432. The second kappa shape index (κ2) is 12.2. The normalized spacial score (nSPS) is 14.4. The smallest absolute Gasteiger partial charge is 0.363 e. The van der Waals surface area contributed by atoms with Crippen molar-refractivity contribution in [3.05, 3.63) is 83.6 Å². The maximum absolute atomic E-state index is 12.4. The molecule has 0 aliphatic carbocycles. The molecule has 4 nitrogen and oxygen atoms in total. The standard InChI is InChI=1S/C30H33NO3/c1-2-3-4-5-6-7-8-11-21-33-26-19-17-24(18-20-26)29-31-28(30(32)34-29)22-25-15-12-14-23-13-9-10-16-27(23)25/h9-10,12-20,22H,2-8,11,21H2,1H3. The summed E-state index contributed by atoms with van der Waals surface area (Å²) in [5.41, 5.74) is 2.01. The molecule has 0 aromatic heterocycles. The van der Waals surface area contributed by atoms with Crippen LogP contribution in [0.2, 0.25) is 0 Å². The fraction of sp³-hybridized carbons (Fsp3) is 0.333. The number of ether oxygens (including phenoxy) is 2. The summed E-state index contributed by atoms with van der Waals surface area (Å²) in [6.45, 7) is 2.97. The molecule has 0 radical (unpaired) electrons. The van der Waals surface area contributed by atoms with Crippen molar-refractivity contribution in [1.82, 2.24) is 0 Å². The van der Waals surface area contributed by atoms with Crippen LogP contribution in [0.3, 0.4) is 0 Å². The molecule has 4 heteroatoms. The monoisotopic (exact) mass is 455 g/mol. The highest BCUT2D eigenvalue weighted by Gasteiger charge is 2.24. The summed E-state index contributed by atoms with van der Waals surface area (Å²) in [5, 5.41) is 2.20. The van der Waals surface area contributed by atoms with Gasteiger partial charge in [-0.15, -0.1) is 0 Å². The quantitative estimate of drug-likeness (QED) is 0.160. The van der Waals surface area contributed by atoms with Crippen LogP contribution in [0.1, 0.15) is 69.4 Å². The largest absolute Gasteiger partial charge is 0.494 e. The van der Waals surface area contributed by atoms with Crippen molar-refractivity contribution in [2.75, 3.05) is 6.61 Å². The Hall–Kier alpha value is -3.40. The molecule has 0 spiro atoms. The summed E-state index contributed by atoms with van der Waals surface area (Å²) >= 11 is 0. The van der Waals surface area contributed by atoms with Gasteiger partial charge in [0, 0.05) is 5.56 Å². The summed E-state index contributed by atoms with van der Waals surface area (Å²) in [6.07, 6.45) is 12.0. The van der Waals surface area contributed by atoms with Gasteiger partial charge in [-0.25, -0.2) is 9.79 Å². The van der Waals surface area contributed by atoms with E-state index in [4.69, 9.17) is 9.47 Å². The van der Waals surface area contributed by atoms with E-state index >= 15 is 0 Å². The number of carbonyl (C=O) groups excluding carboxylic acids is 1. The van der Waals surface area contributed by atoms with E-state index in [0.717, 1.165) is 40.7 Å². The van der Waals surface area contributed by atoms with Gasteiger partial charge in [-0.05, 0) is 53.1 Å². The van der Waals surface area contributed by atoms with Crippen LogP contribution in [0.25, 0.3) is 16.8 Å². The maximum Gasteiger partial charge on any atom is 0.363 e. The number of hydrogen-bond acceptors (Lipinski definition) is 4. The Kier molecular flexibility index (Phi) is 8.50. The Morgan fingerprint density at radius 2 is 1.53 bits per heavy atom. The molecule has 0 saturated carbocycles. The van der Waals surface area contributed by atoms with Crippen LogP contribution in [0.4, 0.5) is 0 Å².